The van der Waals surface area contributed by atoms with Crippen LogP contribution in [0.15, 0.2) is 30.3 Å². The van der Waals surface area contributed by atoms with Crippen molar-refractivity contribution >= 4 is 10.0 Å². The van der Waals surface area contributed by atoms with Crippen LogP contribution in [0.2, 0.25) is 0 Å². The maximum absolute atomic E-state index is 11.5. The van der Waals surface area contributed by atoms with Crippen molar-refractivity contribution < 1.29 is 13.2 Å². The third kappa shape index (κ3) is 5.74. The minimum atomic E-state index is -3.16. The van der Waals surface area contributed by atoms with E-state index in [2.05, 4.69) is 21.8 Å². The van der Waals surface area contributed by atoms with Crippen LogP contribution in [0.25, 0.3) is 0 Å². The summed E-state index contributed by atoms with van der Waals surface area (Å²) >= 11 is 0. The van der Waals surface area contributed by atoms with E-state index in [-0.39, 0.29) is 11.9 Å². The van der Waals surface area contributed by atoms with Gasteiger partial charge >= 0.3 is 0 Å². The van der Waals surface area contributed by atoms with Crippen LogP contribution in [-0.4, -0.2) is 51.4 Å². The van der Waals surface area contributed by atoms with Crippen LogP contribution in [0.5, 0.6) is 0 Å². The normalized spacial score (nSPS) is 21.1. The first-order valence-electron chi connectivity index (χ1n) is 7.44. The van der Waals surface area contributed by atoms with E-state index in [4.69, 9.17) is 4.74 Å². The molecule has 0 aromatic heterocycles. The molecule has 0 aliphatic carbocycles. The molecule has 1 aromatic rings. The Morgan fingerprint density at radius 1 is 1.33 bits per heavy atom. The van der Waals surface area contributed by atoms with Crippen molar-refractivity contribution in [3.05, 3.63) is 35.9 Å². The van der Waals surface area contributed by atoms with E-state index in [1.807, 2.05) is 18.2 Å². The van der Waals surface area contributed by atoms with Crippen molar-refractivity contribution in [3.8, 4) is 0 Å². The van der Waals surface area contributed by atoms with Gasteiger partial charge in [-0.25, -0.2) is 13.1 Å². The topological polar surface area (TPSA) is 58.6 Å². The van der Waals surface area contributed by atoms with E-state index in [1.54, 1.807) is 6.92 Å². The minimum Gasteiger partial charge on any atom is -0.375 e. The number of hydrogen-bond donors (Lipinski definition) is 1. The fourth-order valence-electron chi connectivity index (χ4n) is 2.40. The monoisotopic (exact) mass is 312 g/mol. The largest absolute Gasteiger partial charge is 0.375 e. The molecule has 118 valence electrons. The summed E-state index contributed by atoms with van der Waals surface area (Å²) in [6, 6.07) is 10.3. The molecule has 1 heterocycles. The third-order valence-corrected chi connectivity index (χ3v) is 4.96. The summed E-state index contributed by atoms with van der Waals surface area (Å²) in [5.74, 6) is 0.105. The summed E-state index contributed by atoms with van der Waals surface area (Å²) in [5.41, 5.74) is 1.27. The molecule has 1 aliphatic rings. The molecule has 1 aromatic carbocycles. The Bertz CT molecular complexity index is 519. The fourth-order valence-corrected chi connectivity index (χ4v) is 3.04. The highest BCUT2D eigenvalue weighted by molar-refractivity contribution is 7.89. The van der Waals surface area contributed by atoms with Gasteiger partial charge in [0.15, 0.2) is 0 Å². The molecule has 0 bridgehead atoms. The predicted octanol–water partition coefficient (Wildman–Crippen LogP) is 1.22. The highest BCUT2D eigenvalue weighted by atomic mass is 32.2. The SMILES string of the molecule is CCS(=O)(=O)NCC1CN(Cc2ccccc2)CCCO1. The third-order valence-electron chi connectivity index (χ3n) is 3.59. The van der Waals surface area contributed by atoms with Gasteiger partial charge in [0.1, 0.15) is 0 Å². The first kappa shape index (κ1) is 16.4. The van der Waals surface area contributed by atoms with Gasteiger partial charge in [-0.05, 0) is 18.9 Å². The number of hydrogen-bond acceptors (Lipinski definition) is 4. The van der Waals surface area contributed by atoms with E-state index in [9.17, 15) is 8.42 Å². The number of ether oxygens (including phenoxy) is 1. The zero-order valence-electron chi connectivity index (χ0n) is 12.5. The highest BCUT2D eigenvalue weighted by Crippen LogP contribution is 2.10. The Morgan fingerprint density at radius 3 is 2.81 bits per heavy atom. The molecule has 1 saturated heterocycles. The molecule has 21 heavy (non-hydrogen) atoms. The lowest BCUT2D eigenvalue weighted by molar-refractivity contribution is 0.0571. The van der Waals surface area contributed by atoms with Crippen LogP contribution in [0.4, 0.5) is 0 Å². The molecule has 0 amide bonds. The lowest BCUT2D eigenvalue weighted by Gasteiger charge is -2.24. The first-order chi connectivity index (χ1) is 10.1. The molecule has 5 nitrogen and oxygen atoms in total. The zero-order chi connectivity index (χ0) is 15.1. The zero-order valence-corrected chi connectivity index (χ0v) is 13.3. The van der Waals surface area contributed by atoms with Crippen molar-refractivity contribution in [3.63, 3.8) is 0 Å². The molecular weight excluding hydrogens is 288 g/mol. The summed E-state index contributed by atoms with van der Waals surface area (Å²) in [7, 11) is -3.16. The maximum Gasteiger partial charge on any atom is 0.211 e. The summed E-state index contributed by atoms with van der Waals surface area (Å²) in [4.78, 5) is 2.33. The Hall–Kier alpha value is -0.950. The average molecular weight is 312 g/mol. The van der Waals surface area contributed by atoms with Crippen molar-refractivity contribution in [2.45, 2.75) is 26.0 Å². The fraction of sp³-hybridized carbons (Fsp3) is 0.600. The molecule has 6 heteroatoms. The lowest BCUT2D eigenvalue weighted by atomic mass is 10.2. The second kappa shape index (κ2) is 7.89. The van der Waals surface area contributed by atoms with E-state index < -0.39 is 10.0 Å². The Kier molecular flexibility index (Phi) is 6.17. The van der Waals surface area contributed by atoms with Crippen LogP contribution in [-0.2, 0) is 21.3 Å². The van der Waals surface area contributed by atoms with Gasteiger partial charge < -0.3 is 4.74 Å². The smallest absolute Gasteiger partial charge is 0.211 e. The second-order valence-corrected chi connectivity index (χ2v) is 7.41. The van der Waals surface area contributed by atoms with Crippen LogP contribution >= 0.6 is 0 Å². The Morgan fingerprint density at radius 2 is 2.10 bits per heavy atom. The van der Waals surface area contributed by atoms with Crippen molar-refractivity contribution in [2.75, 3.05) is 32.0 Å². The predicted molar refractivity (Wildman–Crippen MR) is 83.5 cm³/mol. The van der Waals surface area contributed by atoms with Gasteiger partial charge in [0.25, 0.3) is 0 Å². The van der Waals surface area contributed by atoms with E-state index in [0.717, 1.165) is 26.1 Å². The van der Waals surface area contributed by atoms with Gasteiger partial charge in [0, 0.05) is 32.8 Å². The number of nitrogens with one attached hydrogen (secondary N) is 1. The molecule has 0 spiro atoms. The lowest BCUT2D eigenvalue weighted by Crippen LogP contribution is -2.40. The summed E-state index contributed by atoms with van der Waals surface area (Å²) in [6.45, 7) is 5.28. The Labute approximate surface area is 127 Å². The van der Waals surface area contributed by atoms with Crippen LogP contribution in [0, 0.1) is 0 Å². The minimum absolute atomic E-state index is 0.0856. The standard InChI is InChI=1S/C15H24N2O3S/c1-2-21(18,19)16-11-15-13-17(9-6-10-20-15)12-14-7-4-3-5-8-14/h3-5,7-8,15-16H,2,6,9-13H2,1H3. The molecule has 0 radical (unpaired) electrons. The van der Waals surface area contributed by atoms with Gasteiger partial charge in [-0.2, -0.15) is 0 Å². The number of rotatable bonds is 6. The summed E-state index contributed by atoms with van der Waals surface area (Å²) in [5, 5.41) is 0. The second-order valence-electron chi connectivity index (χ2n) is 5.32. The molecule has 1 atom stereocenters. The van der Waals surface area contributed by atoms with E-state index in [0.29, 0.717) is 13.2 Å². The number of nitrogens with zero attached hydrogens (tertiary/aromatic N) is 1. The van der Waals surface area contributed by atoms with Gasteiger partial charge in [-0.3, -0.25) is 4.90 Å². The van der Waals surface area contributed by atoms with E-state index >= 15 is 0 Å². The molecule has 1 unspecified atom stereocenters. The van der Waals surface area contributed by atoms with Crippen LogP contribution in [0.1, 0.15) is 18.9 Å². The van der Waals surface area contributed by atoms with Gasteiger partial charge in [0.05, 0.1) is 11.9 Å². The molecule has 0 saturated carbocycles. The average Bonchev–Trinajstić information content (AvgIpc) is 2.72. The van der Waals surface area contributed by atoms with Crippen LogP contribution in [0.3, 0.4) is 0 Å². The Balaban J connectivity index is 1.89. The van der Waals surface area contributed by atoms with Crippen molar-refractivity contribution in [2.24, 2.45) is 0 Å². The molecule has 1 aliphatic heterocycles. The molecule has 2 rings (SSSR count). The highest BCUT2D eigenvalue weighted by Gasteiger charge is 2.20. The van der Waals surface area contributed by atoms with Crippen molar-refractivity contribution in [1.82, 2.24) is 9.62 Å². The number of benzene rings is 1. The first-order valence-corrected chi connectivity index (χ1v) is 9.09. The molecule has 1 N–H and O–H groups in total. The van der Waals surface area contributed by atoms with Gasteiger partial charge in [-0.1, -0.05) is 30.3 Å². The molecular formula is C15H24N2O3S. The van der Waals surface area contributed by atoms with Crippen LogP contribution < -0.4 is 4.72 Å². The van der Waals surface area contributed by atoms with Gasteiger partial charge in [-0.15, -0.1) is 0 Å². The van der Waals surface area contributed by atoms with Gasteiger partial charge in [0.2, 0.25) is 10.0 Å². The maximum atomic E-state index is 11.5. The molecule has 1 fully saturated rings. The quantitative estimate of drug-likeness (QED) is 0.858. The number of sulfonamides is 1. The van der Waals surface area contributed by atoms with Crippen molar-refractivity contribution in [1.29, 1.82) is 0 Å². The van der Waals surface area contributed by atoms with E-state index in [1.165, 1.54) is 5.56 Å². The summed E-state index contributed by atoms with van der Waals surface area (Å²) in [6.07, 6.45) is 0.890. The summed E-state index contributed by atoms with van der Waals surface area (Å²) < 4.78 is 31.4.